The van der Waals surface area contributed by atoms with Crippen molar-refractivity contribution >= 4 is 30.7 Å². The third-order valence-electron chi connectivity index (χ3n) is 5.44. The van der Waals surface area contributed by atoms with Crippen LogP contribution in [0.4, 0.5) is 0 Å². The van der Waals surface area contributed by atoms with Gasteiger partial charge in [-0.1, -0.05) is 0 Å². The van der Waals surface area contributed by atoms with Crippen LogP contribution in [0.25, 0.3) is 0 Å². The third kappa shape index (κ3) is 5.40. The molecule has 0 spiro atoms. The number of halogens is 2. The Morgan fingerprint density at radius 2 is 2.03 bits per heavy atom. The van der Waals surface area contributed by atoms with Crippen LogP contribution in [0.3, 0.4) is 0 Å². The first kappa shape index (κ1) is 24.3. The normalized spacial score (nSPS) is 16.0. The summed E-state index contributed by atoms with van der Waals surface area (Å²) in [5.41, 5.74) is 3.32. The number of aromatic nitrogens is 1. The highest BCUT2D eigenvalue weighted by Crippen LogP contribution is 2.27. The molecule has 164 valence electrons. The predicted molar refractivity (Wildman–Crippen MR) is 118 cm³/mol. The van der Waals surface area contributed by atoms with Gasteiger partial charge in [0.15, 0.2) is 0 Å². The second-order valence-electron chi connectivity index (χ2n) is 7.44. The number of nitrogens with one attached hydrogen (secondary N) is 2. The zero-order chi connectivity index (χ0) is 19.5. The number of rotatable bonds is 4. The van der Waals surface area contributed by atoms with Crippen molar-refractivity contribution in [3.63, 3.8) is 0 Å². The molecule has 1 saturated heterocycles. The van der Waals surface area contributed by atoms with E-state index >= 15 is 0 Å². The van der Waals surface area contributed by atoms with Crippen LogP contribution in [0.1, 0.15) is 57.3 Å². The number of carbonyl (C=O) groups excluding carboxylic acids is 1. The zero-order valence-electron chi connectivity index (χ0n) is 16.9. The number of nitrogens with zero attached hydrogens (tertiary/aromatic N) is 1. The SMILES string of the molecule is Cc1cc(C2CCOCC2)oc(=O)c1C(=O)NCc1cnc2c(c1)CNCC2.Cl.Cl. The molecule has 0 aromatic carbocycles. The highest BCUT2D eigenvalue weighted by atomic mass is 35.5. The summed E-state index contributed by atoms with van der Waals surface area (Å²) >= 11 is 0. The third-order valence-corrected chi connectivity index (χ3v) is 5.44. The number of amides is 1. The molecule has 4 rings (SSSR count). The van der Waals surface area contributed by atoms with E-state index in [1.807, 2.05) is 6.07 Å². The van der Waals surface area contributed by atoms with Crippen molar-refractivity contribution in [2.24, 2.45) is 0 Å². The predicted octanol–water partition coefficient (Wildman–Crippen LogP) is 2.66. The smallest absolute Gasteiger partial charge is 0.349 e. The van der Waals surface area contributed by atoms with E-state index in [1.54, 1.807) is 13.1 Å². The maximum Gasteiger partial charge on any atom is 0.349 e. The van der Waals surface area contributed by atoms with Crippen molar-refractivity contribution in [3.05, 3.63) is 62.5 Å². The van der Waals surface area contributed by atoms with Crippen molar-refractivity contribution < 1.29 is 13.9 Å². The highest BCUT2D eigenvalue weighted by molar-refractivity contribution is 5.95. The van der Waals surface area contributed by atoms with Gasteiger partial charge in [-0.3, -0.25) is 9.78 Å². The lowest BCUT2D eigenvalue weighted by atomic mass is 9.95. The van der Waals surface area contributed by atoms with Gasteiger partial charge in [-0.15, -0.1) is 24.8 Å². The van der Waals surface area contributed by atoms with Gasteiger partial charge in [0.25, 0.3) is 5.91 Å². The molecular weight excluding hydrogens is 429 g/mol. The molecule has 30 heavy (non-hydrogen) atoms. The largest absolute Gasteiger partial charge is 0.427 e. The van der Waals surface area contributed by atoms with Crippen molar-refractivity contribution in [2.75, 3.05) is 19.8 Å². The van der Waals surface area contributed by atoms with E-state index in [1.165, 1.54) is 0 Å². The van der Waals surface area contributed by atoms with E-state index in [4.69, 9.17) is 9.15 Å². The Labute approximate surface area is 187 Å². The number of carbonyl (C=O) groups is 1. The van der Waals surface area contributed by atoms with Crippen molar-refractivity contribution in [1.29, 1.82) is 0 Å². The molecule has 0 atom stereocenters. The Balaban J connectivity index is 0.00000160. The fourth-order valence-electron chi connectivity index (χ4n) is 3.85. The number of pyridine rings is 1. The topological polar surface area (TPSA) is 93.5 Å². The molecular formula is C21H27Cl2N3O4. The minimum absolute atomic E-state index is 0. The number of aryl methyl sites for hydroxylation is 1. The van der Waals surface area contributed by atoms with Crippen LogP contribution < -0.4 is 16.3 Å². The molecule has 0 radical (unpaired) electrons. The average molecular weight is 456 g/mol. The maximum atomic E-state index is 12.6. The van der Waals surface area contributed by atoms with E-state index in [-0.39, 0.29) is 36.3 Å². The van der Waals surface area contributed by atoms with Gasteiger partial charge in [0.2, 0.25) is 0 Å². The van der Waals surface area contributed by atoms with Gasteiger partial charge in [-0.25, -0.2) is 4.79 Å². The minimum atomic E-state index is -0.577. The Bertz CT molecular complexity index is 942. The van der Waals surface area contributed by atoms with Crippen LogP contribution in [-0.2, 0) is 24.2 Å². The second-order valence-corrected chi connectivity index (χ2v) is 7.44. The first-order valence-corrected chi connectivity index (χ1v) is 9.80. The Morgan fingerprint density at radius 1 is 1.27 bits per heavy atom. The molecule has 2 aliphatic rings. The summed E-state index contributed by atoms with van der Waals surface area (Å²) in [7, 11) is 0. The molecule has 0 unspecified atom stereocenters. The molecule has 4 heterocycles. The van der Waals surface area contributed by atoms with Crippen molar-refractivity contribution in [3.8, 4) is 0 Å². The van der Waals surface area contributed by atoms with E-state index in [9.17, 15) is 9.59 Å². The van der Waals surface area contributed by atoms with E-state index in [0.717, 1.165) is 49.2 Å². The van der Waals surface area contributed by atoms with Gasteiger partial charge < -0.3 is 19.8 Å². The molecule has 1 fully saturated rings. The van der Waals surface area contributed by atoms with Gasteiger partial charge in [-0.05, 0) is 48.6 Å². The van der Waals surface area contributed by atoms with Crippen LogP contribution in [0, 0.1) is 6.92 Å². The number of hydrogen-bond acceptors (Lipinski definition) is 6. The van der Waals surface area contributed by atoms with Crippen molar-refractivity contribution in [1.82, 2.24) is 15.6 Å². The quantitative estimate of drug-likeness (QED) is 0.735. The lowest BCUT2D eigenvalue weighted by Gasteiger charge is -2.21. The fraction of sp³-hybridized carbons (Fsp3) is 0.476. The average Bonchev–Trinajstić information content (AvgIpc) is 2.72. The van der Waals surface area contributed by atoms with Crippen LogP contribution in [-0.4, -0.2) is 30.6 Å². The maximum absolute atomic E-state index is 12.6. The Hall–Kier alpha value is -1.93. The number of hydrogen-bond donors (Lipinski definition) is 2. The second kappa shape index (κ2) is 10.9. The minimum Gasteiger partial charge on any atom is -0.427 e. The Morgan fingerprint density at radius 3 is 2.77 bits per heavy atom. The summed E-state index contributed by atoms with van der Waals surface area (Å²) in [4.78, 5) is 29.6. The molecule has 2 N–H and O–H groups in total. The van der Waals surface area contributed by atoms with E-state index in [0.29, 0.717) is 31.1 Å². The standard InChI is InChI=1S/C21H25N3O4.2ClH/c1-13-8-18(15-3-6-27-7-4-15)28-21(26)19(13)20(25)24-11-14-9-16-12-22-5-2-17(16)23-10-14;;/h8-10,15,22H,2-7,11-12H2,1H3,(H,24,25);2*1H. The first-order chi connectivity index (χ1) is 13.6. The molecule has 7 nitrogen and oxygen atoms in total. The summed E-state index contributed by atoms with van der Waals surface area (Å²) in [6.07, 6.45) is 4.36. The van der Waals surface area contributed by atoms with Crippen LogP contribution in [0.2, 0.25) is 0 Å². The highest BCUT2D eigenvalue weighted by Gasteiger charge is 2.23. The molecule has 0 saturated carbocycles. The summed E-state index contributed by atoms with van der Waals surface area (Å²) < 4.78 is 10.8. The van der Waals surface area contributed by atoms with Gasteiger partial charge in [-0.2, -0.15) is 0 Å². The van der Waals surface area contributed by atoms with Crippen LogP contribution in [0.15, 0.2) is 27.5 Å². The number of ether oxygens (including phenoxy) is 1. The summed E-state index contributed by atoms with van der Waals surface area (Å²) in [6, 6.07) is 3.87. The summed E-state index contributed by atoms with van der Waals surface area (Å²) in [5.74, 6) is 0.404. The molecule has 2 aliphatic heterocycles. The summed E-state index contributed by atoms with van der Waals surface area (Å²) in [6.45, 7) is 5.16. The molecule has 9 heteroatoms. The monoisotopic (exact) mass is 455 g/mol. The van der Waals surface area contributed by atoms with Gasteiger partial charge in [0.05, 0.1) is 0 Å². The van der Waals surface area contributed by atoms with Gasteiger partial charge in [0.1, 0.15) is 11.3 Å². The van der Waals surface area contributed by atoms with Gasteiger partial charge in [0, 0.05) is 57.1 Å². The van der Waals surface area contributed by atoms with Gasteiger partial charge >= 0.3 is 5.63 Å². The lowest BCUT2D eigenvalue weighted by Crippen LogP contribution is -2.30. The molecule has 0 aliphatic carbocycles. The first-order valence-electron chi connectivity index (χ1n) is 9.80. The number of fused-ring (bicyclic) bond motifs is 1. The van der Waals surface area contributed by atoms with Crippen LogP contribution in [0.5, 0.6) is 0 Å². The fourth-order valence-corrected chi connectivity index (χ4v) is 3.85. The molecule has 1 amide bonds. The molecule has 0 bridgehead atoms. The zero-order valence-corrected chi connectivity index (χ0v) is 18.5. The van der Waals surface area contributed by atoms with Crippen LogP contribution >= 0.6 is 24.8 Å². The summed E-state index contributed by atoms with van der Waals surface area (Å²) in [5, 5.41) is 6.14. The van der Waals surface area contributed by atoms with E-state index < -0.39 is 11.5 Å². The van der Waals surface area contributed by atoms with Crippen molar-refractivity contribution in [2.45, 2.75) is 45.2 Å². The van der Waals surface area contributed by atoms with E-state index in [2.05, 4.69) is 21.7 Å². The lowest BCUT2D eigenvalue weighted by molar-refractivity contribution is 0.0795. The molecule has 2 aromatic rings. The Kier molecular flexibility index (Phi) is 8.85. The molecule has 2 aromatic heterocycles.